The van der Waals surface area contributed by atoms with E-state index in [1.807, 2.05) is 17.8 Å². The van der Waals surface area contributed by atoms with Gasteiger partial charge in [-0.15, -0.1) is 18.3 Å². The quantitative estimate of drug-likeness (QED) is 0.457. The predicted molar refractivity (Wildman–Crippen MR) is 53.8 cm³/mol. The molecule has 0 N–H and O–H groups in total. The van der Waals surface area contributed by atoms with Crippen LogP contribution in [-0.4, -0.2) is 5.75 Å². The van der Waals surface area contributed by atoms with Crippen molar-refractivity contribution in [1.29, 1.82) is 0 Å². The largest absolute Gasteiger partial charge is 0.130 e. The number of hydrogen-bond donors (Lipinski definition) is 0. The Balaban J connectivity index is 2.20. The normalized spacial score (nSPS) is 18.0. The van der Waals surface area contributed by atoms with Gasteiger partial charge in [0.05, 0.1) is 0 Å². The van der Waals surface area contributed by atoms with Crippen molar-refractivity contribution in [3.05, 3.63) is 23.6 Å². The predicted octanol–water partition coefficient (Wildman–Crippen LogP) is 3.75. The van der Waals surface area contributed by atoms with Crippen molar-refractivity contribution in [3.63, 3.8) is 0 Å². The zero-order chi connectivity index (χ0) is 7.94. The van der Waals surface area contributed by atoms with Crippen LogP contribution in [0.4, 0.5) is 0 Å². The second-order valence-electron chi connectivity index (χ2n) is 2.96. The van der Waals surface area contributed by atoms with Crippen LogP contribution in [0.25, 0.3) is 0 Å². The monoisotopic (exact) mass is 168 g/mol. The van der Waals surface area contributed by atoms with Crippen LogP contribution in [0.5, 0.6) is 0 Å². The van der Waals surface area contributed by atoms with Crippen LogP contribution in [0.15, 0.2) is 23.6 Å². The Hall–Kier alpha value is -0.170. The van der Waals surface area contributed by atoms with Gasteiger partial charge in [-0.1, -0.05) is 18.1 Å². The minimum absolute atomic E-state index is 1.06. The standard InChI is InChI=1S/C10H16S/c1-2-8-11-9-10-6-4-3-5-7-10/h2,9H,1,3-8H2. The minimum atomic E-state index is 1.06. The fraction of sp³-hybridized carbons (Fsp3) is 0.600. The number of rotatable bonds is 3. The molecule has 0 spiro atoms. The maximum atomic E-state index is 3.69. The molecule has 1 saturated carbocycles. The molecule has 0 aromatic carbocycles. The van der Waals surface area contributed by atoms with Crippen molar-refractivity contribution in [2.24, 2.45) is 0 Å². The van der Waals surface area contributed by atoms with E-state index in [1.54, 1.807) is 5.57 Å². The summed E-state index contributed by atoms with van der Waals surface area (Å²) in [5, 5.41) is 2.33. The van der Waals surface area contributed by atoms with E-state index in [1.165, 1.54) is 32.1 Å². The van der Waals surface area contributed by atoms with Gasteiger partial charge in [0.2, 0.25) is 0 Å². The highest BCUT2D eigenvalue weighted by Crippen LogP contribution is 2.24. The molecule has 0 aromatic rings. The molecule has 0 saturated heterocycles. The molecule has 0 radical (unpaired) electrons. The third-order valence-corrected chi connectivity index (χ3v) is 2.89. The summed E-state index contributed by atoms with van der Waals surface area (Å²) < 4.78 is 0. The highest BCUT2D eigenvalue weighted by molar-refractivity contribution is 8.02. The summed E-state index contributed by atoms with van der Waals surface area (Å²) in [5.41, 5.74) is 1.66. The summed E-state index contributed by atoms with van der Waals surface area (Å²) in [4.78, 5) is 0. The molecule has 1 aliphatic rings. The van der Waals surface area contributed by atoms with Gasteiger partial charge in [-0.2, -0.15) is 0 Å². The molecule has 11 heavy (non-hydrogen) atoms. The fourth-order valence-corrected chi connectivity index (χ4v) is 2.06. The van der Waals surface area contributed by atoms with E-state index in [0.717, 1.165) is 5.75 Å². The first kappa shape index (κ1) is 8.92. The summed E-state index contributed by atoms with van der Waals surface area (Å²) in [6, 6.07) is 0. The molecule has 0 amide bonds. The molecule has 0 atom stereocenters. The smallest absolute Gasteiger partial charge is 0.0152 e. The van der Waals surface area contributed by atoms with Crippen molar-refractivity contribution in [3.8, 4) is 0 Å². The molecule has 1 heteroatoms. The molecule has 1 rings (SSSR count). The van der Waals surface area contributed by atoms with E-state index in [4.69, 9.17) is 0 Å². The average Bonchev–Trinajstić information content (AvgIpc) is 2.07. The Labute approximate surface area is 73.8 Å². The number of thioether (sulfide) groups is 1. The van der Waals surface area contributed by atoms with Crippen LogP contribution >= 0.6 is 11.8 Å². The Morgan fingerprint density at radius 2 is 2.00 bits per heavy atom. The van der Waals surface area contributed by atoms with Gasteiger partial charge >= 0.3 is 0 Å². The SMILES string of the molecule is C=CCSC=C1CCCCC1. The lowest BCUT2D eigenvalue weighted by molar-refractivity contribution is 0.600. The van der Waals surface area contributed by atoms with E-state index in [-0.39, 0.29) is 0 Å². The lowest BCUT2D eigenvalue weighted by Gasteiger charge is -2.12. The van der Waals surface area contributed by atoms with Crippen LogP contribution in [0.3, 0.4) is 0 Å². The third-order valence-electron chi connectivity index (χ3n) is 1.96. The van der Waals surface area contributed by atoms with Crippen LogP contribution in [0.1, 0.15) is 32.1 Å². The lowest BCUT2D eigenvalue weighted by Crippen LogP contribution is -1.92. The fourth-order valence-electron chi connectivity index (χ4n) is 1.36. The molecule has 0 nitrogen and oxygen atoms in total. The van der Waals surface area contributed by atoms with Crippen LogP contribution in [-0.2, 0) is 0 Å². The van der Waals surface area contributed by atoms with E-state index in [2.05, 4.69) is 12.0 Å². The minimum Gasteiger partial charge on any atom is -0.130 e. The highest BCUT2D eigenvalue weighted by atomic mass is 32.2. The van der Waals surface area contributed by atoms with Gasteiger partial charge in [0.15, 0.2) is 0 Å². The third kappa shape index (κ3) is 3.66. The molecule has 1 aliphatic carbocycles. The van der Waals surface area contributed by atoms with Crippen LogP contribution < -0.4 is 0 Å². The molecular formula is C10H16S. The summed E-state index contributed by atoms with van der Waals surface area (Å²) in [6.45, 7) is 3.69. The summed E-state index contributed by atoms with van der Waals surface area (Å²) in [7, 11) is 0. The maximum absolute atomic E-state index is 3.69. The van der Waals surface area contributed by atoms with Gasteiger partial charge in [-0.05, 0) is 31.1 Å². The van der Waals surface area contributed by atoms with Crippen molar-refractivity contribution < 1.29 is 0 Å². The van der Waals surface area contributed by atoms with Gasteiger partial charge < -0.3 is 0 Å². The van der Waals surface area contributed by atoms with E-state index < -0.39 is 0 Å². The number of hydrogen-bond acceptors (Lipinski definition) is 1. The Morgan fingerprint density at radius 1 is 1.27 bits per heavy atom. The summed E-state index contributed by atoms with van der Waals surface area (Å²) in [5.74, 6) is 1.06. The van der Waals surface area contributed by atoms with Gasteiger partial charge in [-0.3, -0.25) is 0 Å². The average molecular weight is 168 g/mol. The first-order chi connectivity index (χ1) is 5.43. The summed E-state index contributed by atoms with van der Waals surface area (Å²) in [6.07, 6.45) is 8.88. The van der Waals surface area contributed by atoms with Crippen molar-refractivity contribution in [2.75, 3.05) is 5.75 Å². The van der Waals surface area contributed by atoms with Crippen LogP contribution in [0, 0.1) is 0 Å². The van der Waals surface area contributed by atoms with Gasteiger partial charge in [-0.25, -0.2) is 0 Å². The van der Waals surface area contributed by atoms with Gasteiger partial charge in [0, 0.05) is 5.75 Å². The lowest BCUT2D eigenvalue weighted by atomic mass is 9.96. The maximum Gasteiger partial charge on any atom is 0.0152 e. The van der Waals surface area contributed by atoms with Gasteiger partial charge in [0.25, 0.3) is 0 Å². The Kier molecular flexibility index (Phi) is 4.44. The van der Waals surface area contributed by atoms with Crippen LogP contribution in [0.2, 0.25) is 0 Å². The van der Waals surface area contributed by atoms with E-state index in [0.29, 0.717) is 0 Å². The van der Waals surface area contributed by atoms with E-state index in [9.17, 15) is 0 Å². The van der Waals surface area contributed by atoms with E-state index >= 15 is 0 Å². The first-order valence-electron chi connectivity index (χ1n) is 4.34. The number of allylic oxidation sites excluding steroid dienone is 1. The van der Waals surface area contributed by atoms with Crippen molar-refractivity contribution in [2.45, 2.75) is 32.1 Å². The van der Waals surface area contributed by atoms with Crippen molar-refractivity contribution >= 4 is 11.8 Å². The topological polar surface area (TPSA) is 0 Å². The molecule has 0 aromatic heterocycles. The molecule has 62 valence electrons. The molecule has 0 heterocycles. The highest BCUT2D eigenvalue weighted by Gasteiger charge is 2.03. The van der Waals surface area contributed by atoms with Gasteiger partial charge in [0.1, 0.15) is 0 Å². The zero-order valence-corrected chi connectivity index (χ0v) is 7.83. The summed E-state index contributed by atoms with van der Waals surface area (Å²) >= 11 is 1.88. The molecule has 1 fully saturated rings. The second kappa shape index (κ2) is 5.48. The second-order valence-corrected chi connectivity index (χ2v) is 3.86. The molecule has 0 aliphatic heterocycles. The van der Waals surface area contributed by atoms with Crippen molar-refractivity contribution in [1.82, 2.24) is 0 Å². The Bertz CT molecular complexity index is 139. The molecular weight excluding hydrogens is 152 g/mol. The molecule has 0 unspecified atom stereocenters. The Morgan fingerprint density at radius 3 is 2.64 bits per heavy atom. The first-order valence-corrected chi connectivity index (χ1v) is 5.39. The molecule has 0 bridgehead atoms. The zero-order valence-electron chi connectivity index (χ0n) is 7.01.